The fourth-order valence-corrected chi connectivity index (χ4v) is 5.96. The Kier molecular flexibility index (Phi) is 11.0. The molecule has 1 amide bonds. The minimum absolute atomic E-state index is 0.0330. The fraction of sp³-hybridized carbons (Fsp3) is 0.367. The summed E-state index contributed by atoms with van der Waals surface area (Å²) in [5.41, 5.74) is 0.970. The molecule has 3 N–H and O–H groups in total. The molecular weight excluding hydrogens is 548 g/mol. The van der Waals surface area contributed by atoms with Crippen molar-refractivity contribution in [1.82, 2.24) is 9.62 Å². The summed E-state index contributed by atoms with van der Waals surface area (Å²) in [6, 6.07) is 17.2. The molecule has 2 atom stereocenters. The molecule has 41 heavy (non-hydrogen) atoms. The third-order valence-electron chi connectivity index (χ3n) is 6.48. The van der Waals surface area contributed by atoms with Gasteiger partial charge in [-0.25, -0.2) is 8.42 Å². The Balaban J connectivity index is 1.93. The highest BCUT2D eigenvalue weighted by molar-refractivity contribution is 7.89. The number of amides is 1. The van der Waals surface area contributed by atoms with Crippen molar-refractivity contribution in [2.75, 3.05) is 34.4 Å². The molecule has 0 unspecified atom stereocenters. The van der Waals surface area contributed by atoms with Gasteiger partial charge in [0.1, 0.15) is 5.75 Å². The molecule has 0 aliphatic carbocycles. The number of carbonyl (C=O) groups excluding carboxylic acids is 1. The molecule has 0 bridgehead atoms. The Hall–Kier alpha value is -3.80. The lowest BCUT2D eigenvalue weighted by Gasteiger charge is -2.31. The van der Waals surface area contributed by atoms with Crippen molar-refractivity contribution in [3.05, 3.63) is 77.9 Å². The third kappa shape index (κ3) is 8.12. The number of hydrogen-bond donors (Lipinski definition) is 3. The van der Waals surface area contributed by atoms with Crippen molar-refractivity contribution in [3.63, 3.8) is 0 Å². The van der Waals surface area contributed by atoms with Crippen LogP contribution in [-0.2, 0) is 16.4 Å². The van der Waals surface area contributed by atoms with Gasteiger partial charge in [-0.3, -0.25) is 4.79 Å². The molecule has 11 heteroatoms. The predicted molar refractivity (Wildman–Crippen MR) is 155 cm³/mol. The first-order chi connectivity index (χ1) is 19.5. The fourth-order valence-electron chi connectivity index (χ4n) is 4.34. The van der Waals surface area contributed by atoms with E-state index in [0.717, 1.165) is 5.56 Å². The van der Waals surface area contributed by atoms with Gasteiger partial charge >= 0.3 is 0 Å². The molecule has 222 valence electrons. The topological polar surface area (TPSA) is 135 Å². The standard InChI is InChI=1S/C30H38N2O8S/c1-20(2)18-32(41(36,37)24-13-11-23(38-3)12-14-24)19-26(33)25(15-21-9-7-6-8-10-21)31-30(35)22-16-27(39-4)29(34)28(17-22)40-5/h6-14,16-17,20,25-26,33-34H,15,18-19H2,1-5H3,(H,31,35)/t25-,26+/m0/s1. The summed E-state index contributed by atoms with van der Waals surface area (Å²) < 4.78 is 44.0. The molecule has 0 fully saturated rings. The van der Waals surface area contributed by atoms with Crippen molar-refractivity contribution in [2.45, 2.75) is 37.3 Å². The van der Waals surface area contributed by atoms with Crippen LogP contribution in [0.1, 0.15) is 29.8 Å². The molecule has 3 aromatic carbocycles. The van der Waals surface area contributed by atoms with Crippen molar-refractivity contribution in [2.24, 2.45) is 5.92 Å². The van der Waals surface area contributed by atoms with Crippen molar-refractivity contribution in [3.8, 4) is 23.0 Å². The number of hydrogen-bond acceptors (Lipinski definition) is 8. The second kappa shape index (κ2) is 14.2. The van der Waals surface area contributed by atoms with Crippen LogP contribution >= 0.6 is 0 Å². The van der Waals surface area contributed by atoms with Gasteiger partial charge in [0.25, 0.3) is 5.91 Å². The minimum atomic E-state index is -3.98. The number of phenols is 1. The number of sulfonamides is 1. The molecule has 3 rings (SSSR count). The van der Waals surface area contributed by atoms with Gasteiger partial charge in [-0.2, -0.15) is 4.31 Å². The Morgan fingerprint density at radius 2 is 1.49 bits per heavy atom. The molecule has 0 heterocycles. The number of aliphatic hydroxyl groups excluding tert-OH is 1. The lowest BCUT2D eigenvalue weighted by molar-refractivity contribution is 0.0775. The molecule has 0 saturated carbocycles. The summed E-state index contributed by atoms with van der Waals surface area (Å²) in [6.45, 7) is 3.67. The van der Waals surface area contributed by atoms with Crippen molar-refractivity contribution >= 4 is 15.9 Å². The molecule has 0 radical (unpaired) electrons. The molecule has 0 aromatic heterocycles. The summed E-state index contributed by atoms with van der Waals surface area (Å²) in [6.07, 6.45) is -1.04. The number of carbonyl (C=O) groups is 1. The third-order valence-corrected chi connectivity index (χ3v) is 8.32. The largest absolute Gasteiger partial charge is 0.502 e. The molecule has 0 spiro atoms. The zero-order chi connectivity index (χ0) is 30.2. The number of aliphatic hydroxyl groups is 1. The molecule has 0 aliphatic rings. The van der Waals surface area contributed by atoms with E-state index in [2.05, 4.69) is 5.32 Å². The zero-order valence-electron chi connectivity index (χ0n) is 23.9. The van der Waals surface area contributed by atoms with Crippen LogP contribution in [0.2, 0.25) is 0 Å². The van der Waals surface area contributed by atoms with E-state index in [1.165, 1.54) is 49.9 Å². The maximum absolute atomic E-state index is 13.6. The maximum Gasteiger partial charge on any atom is 0.251 e. The predicted octanol–water partition coefficient (Wildman–Crippen LogP) is 3.47. The second-order valence-corrected chi connectivity index (χ2v) is 11.9. The van der Waals surface area contributed by atoms with Crippen LogP contribution in [0.25, 0.3) is 0 Å². The van der Waals surface area contributed by atoms with Gasteiger partial charge in [-0.15, -0.1) is 0 Å². The number of nitrogens with one attached hydrogen (secondary N) is 1. The van der Waals surface area contributed by atoms with E-state index in [1.807, 2.05) is 44.2 Å². The monoisotopic (exact) mass is 586 g/mol. The van der Waals surface area contributed by atoms with Gasteiger partial charge in [-0.1, -0.05) is 44.2 Å². The highest BCUT2D eigenvalue weighted by Crippen LogP contribution is 2.37. The number of phenolic OH excluding ortho intramolecular Hbond substituents is 1. The van der Waals surface area contributed by atoms with Crippen LogP contribution < -0.4 is 19.5 Å². The number of aromatic hydroxyl groups is 1. The smallest absolute Gasteiger partial charge is 0.251 e. The Labute approximate surface area is 241 Å². The van der Waals surface area contributed by atoms with Gasteiger partial charge in [0, 0.05) is 18.7 Å². The van der Waals surface area contributed by atoms with E-state index in [1.54, 1.807) is 12.1 Å². The molecule has 0 aliphatic heterocycles. The van der Waals surface area contributed by atoms with Crippen LogP contribution in [0.5, 0.6) is 23.0 Å². The number of methoxy groups -OCH3 is 3. The zero-order valence-corrected chi connectivity index (χ0v) is 24.7. The first-order valence-electron chi connectivity index (χ1n) is 13.1. The highest BCUT2D eigenvalue weighted by Gasteiger charge is 2.32. The number of benzene rings is 3. The molecule has 3 aromatic rings. The quantitative estimate of drug-likeness (QED) is 0.262. The minimum Gasteiger partial charge on any atom is -0.502 e. The van der Waals surface area contributed by atoms with Gasteiger partial charge in [0.2, 0.25) is 15.8 Å². The van der Waals surface area contributed by atoms with Crippen LogP contribution in [0.15, 0.2) is 71.6 Å². The van der Waals surface area contributed by atoms with Crippen LogP contribution in [0.3, 0.4) is 0 Å². The van der Waals surface area contributed by atoms with Gasteiger partial charge in [0.05, 0.1) is 38.4 Å². The Morgan fingerprint density at radius 1 is 0.902 bits per heavy atom. The normalized spacial score (nSPS) is 13.1. The summed E-state index contributed by atoms with van der Waals surface area (Å²) in [5.74, 6) is -0.232. The Bertz CT molecular complexity index is 1370. The maximum atomic E-state index is 13.6. The average molecular weight is 587 g/mol. The van der Waals surface area contributed by atoms with Crippen LogP contribution in [0.4, 0.5) is 0 Å². The lowest BCUT2D eigenvalue weighted by atomic mass is 10.00. The summed E-state index contributed by atoms with van der Waals surface area (Å²) in [4.78, 5) is 13.4. The van der Waals surface area contributed by atoms with E-state index >= 15 is 0 Å². The lowest BCUT2D eigenvalue weighted by Crippen LogP contribution is -2.51. The second-order valence-electron chi connectivity index (χ2n) is 9.96. The van der Waals surface area contributed by atoms with Gasteiger partial charge < -0.3 is 29.7 Å². The van der Waals surface area contributed by atoms with Crippen molar-refractivity contribution < 1.29 is 37.6 Å². The van der Waals surface area contributed by atoms with Crippen LogP contribution in [0, 0.1) is 5.92 Å². The number of rotatable bonds is 14. The highest BCUT2D eigenvalue weighted by atomic mass is 32.2. The van der Waals surface area contributed by atoms with Gasteiger partial charge in [-0.05, 0) is 54.3 Å². The summed E-state index contributed by atoms with van der Waals surface area (Å²) in [7, 11) is 0.218. The van der Waals surface area contributed by atoms with E-state index in [4.69, 9.17) is 14.2 Å². The summed E-state index contributed by atoms with van der Waals surface area (Å²) >= 11 is 0. The van der Waals surface area contributed by atoms with Crippen LogP contribution in [-0.4, -0.2) is 75.4 Å². The Morgan fingerprint density at radius 3 is 2.00 bits per heavy atom. The number of nitrogens with zero attached hydrogens (tertiary/aromatic N) is 1. The molecule has 10 nitrogen and oxygen atoms in total. The first-order valence-corrected chi connectivity index (χ1v) is 14.6. The number of ether oxygens (including phenoxy) is 3. The van der Waals surface area contributed by atoms with Crippen molar-refractivity contribution in [1.29, 1.82) is 0 Å². The van der Waals surface area contributed by atoms with E-state index in [-0.39, 0.29) is 53.1 Å². The van der Waals surface area contributed by atoms with E-state index in [0.29, 0.717) is 5.75 Å². The van der Waals surface area contributed by atoms with Gasteiger partial charge in [0.15, 0.2) is 11.5 Å². The SMILES string of the molecule is COc1ccc(S(=O)(=O)N(CC(C)C)C[C@@H](O)[C@H](Cc2ccccc2)NC(=O)c2cc(OC)c(O)c(OC)c2)cc1. The first kappa shape index (κ1) is 31.7. The molecule has 0 saturated heterocycles. The van der Waals surface area contributed by atoms with E-state index < -0.39 is 28.1 Å². The average Bonchev–Trinajstić information content (AvgIpc) is 2.96. The van der Waals surface area contributed by atoms with E-state index in [9.17, 15) is 23.4 Å². The summed E-state index contributed by atoms with van der Waals surface area (Å²) in [5, 5.41) is 24.5. The molecular formula is C30H38N2O8S.